The zero-order chi connectivity index (χ0) is 13.0. The van der Waals surface area contributed by atoms with Crippen molar-refractivity contribution < 1.29 is 9.59 Å². The molecule has 0 aliphatic carbocycles. The van der Waals surface area contributed by atoms with E-state index in [9.17, 15) is 9.59 Å². The van der Waals surface area contributed by atoms with E-state index >= 15 is 0 Å². The smallest absolute Gasteiger partial charge is 0.165 e. The van der Waals surface area contributed by atoms with Crippen molar-refractivity contribution in [3.63, 3.8) is 0 Å². The Bertz CT molecular complexity index is 401. The molecule has 0 heterocycles. The summed E-state index contributed by atoms with van der Waals surface area (Å²) in [4.78, 5) is 22.8. The number of Topliss-reactive ketones (excluding diaryl/α,β-unsaturated/α-hetero) is 2. The van der Waals surface area contributed by atoms with E-state index < -0.39 is 0 Å². The van der Waals surface area contributed by atoms with Crippen LogP contribution < -0.4 is 0 Å². The molecule has 0 aliphatic heterocycles. The lowest BCUT2D eigenvalue weighted by Crippen LogP contribution is -2.07. The first-order valence-electron chi connectivity index (χ1n) is 6.05. The Balaban J connectivity index is 2.81. The van der Waals surface area contributed by atoms with E-state index in [0.29, 0.717) is 6.42 Å². The fourth-order valence-electron chi connectivity index (χ4n) is 1.86. The zero-order valence-electron chi connectivity index (χ0n) is 11.0. The lowest BCUT2D eigenvalue weighted by Gasteiger charge is -2.11. The van der Waals surface area contributed by atoms with Gasteiger partial charge in [-0.2, -0.15) is 0 Å². The van der Waals surface area contributed by atoms with Gasteiger partial charge in [0.15, 0.2) is 5.78 Å². The van der Waals surface area contributed by atoms with Crippen molar-refractivity contribution in [3.05, 3.63) is 35.4 Å². The van der Waals surface area contributed by atoms with Crippen molar-refractivity contribution >= 4 is 11.6 Å². The lowest BCUT2D eigenvalue weighted by molar-refractivity contribution is -0.117. The van der Waals surface area contributed by atoms with Crippen LogP contribution in [0.2, 0.25) is 0 Å². The summed E-state index contributed by atoms with van der Waals surface area (Å²) in [7, 11) is 0. The summed E-state index contributed by atoms with van der Waals surface area (Å²) in [5.41, 5.74) is 1.86. The van der Waals surface area contributed by atoms with Crippen LogP contribution in [-0.4, -0.2) is 11.6 Å². The van der Waals surface area contributed by atoms with Crippen molar-refractivity contribution in [2.75, 3.05) is 0 Å². The van der Waals surface area contributed by atoms with E-state index in [4.69, 9.17) is 0 Å². The van der Waals surface area contributed by atoms with Gasteiger partial charge in [0.2, 0.25) is 0 Å². The highest BCUT2D eigenvalue weighted by atomic mass is 16.1. The molecule has 0 bridgehead atoms. The molecule has 0 spiro atoms. The van der Waals surface area contributed by atoms with Gasteiger partial charge in [-0.15, -0.1) is 0 Å². The molecule has 0 aromatic heterocycles. The maximum absolute atomic E-state index is 11.7. The highest BCUT2D eigenvalue weighted by Crippen LogP contribution is 2.20. The Hall–Kier alpha value is -1.44. The molecule has 1 aromatic carbocycles. The van der Waals surface area contributed by atoms with Crippen molar-refractivity contribution in [2.45, 2.75) is 40.0 Å². The third kappa shape index (κ3) is 3.81. The SMILES string of the molecule is CC(=O)CC(C)c1ccc(C(=O)C(C)C)cc1. The van der Waals surface area contributed by atoms with E-state index in [2.05, 4.69) is 0 Å². The second-order valence-corrected chi connectivity index (χ2v) is 4.95. The predicted molar refractivity (Wildman–Crippen MR) is 69.3 cm³/mol. The first kappa shape index (κ1) is 13.6. The Morgan fingerprint density at radius 1 is 1.06 bits per heavy atom. The minimum Gasteiger partial charge on any atom is -0.300 e. The molecular weight excluding hydrogens is 212 g/mol. The average Bonchev–Trinajstić information content (AvgIpc) is 2.27. The Morgan fingerprint density at radius 2 is 1.59 bits per heavy atom. The van der Waals surface area contributed by atoms with Crippen LogP contribution in [0.1, 0.15) is 56.0 Å². The van der Waals surface area contributed by atoms with Crippen molar-refractivity contribution in [2.24, 2.45) is 5.92 Å². The summed E-state index contributed by atoms with van der Waals surface area (Å²) in [6.45, 7) is 7.43. The summed E-state index contributed by atoms with van der Waals surface area (Å²) < 4.78 is 0. The Kier molecular flexibility index (Phi) is 4.62. The molecule has 0 fully saturated rings. The average molecular weight is 232 g/mol. The van der Waals surface area contributed by atoms with Crippen molar-refractivity contribution in [1.82, 2.24) is 0 Å². The van der Waals surface area contributed by atoms with Gasteiger partial charge < -0.3 is 4.79 Å². The Labute approximate surface area is 103 Å². The van der Waals surface area contributed by atoms with E-state index in [1.54, 1.807) is 6.92 Å². The molecule has 1 unspecified atom stereocenters. The number of carbonyl (C=O) groups is 2. The molecule has 1 aromatic rings. The van der Waals surface area contributed by atoms with Crippen LogP contribution in [-0.2, 0) is 4.79 Å². The molecule has 92 valence electrons. The van der Waals surface area contributed by atoms with Crippen LogP contribution in [0, 0.1) is 5.92 Å². The van der Waals surface area contributed by atoms with Gasteiger partial charge >= 0.3 is 0 Å². The number of benzene rings is 1. The van der Waals surface area contributed by atoms with Crippen LogP contribution in [0.4, 0.5) is 0 Å². The molecular formula is C15H20O2. The molecule has 0 amide bonds. The van der Waals surface area contributed by atoms with Crippen LogP contribution in [0.3, 0.4) is 0 Å². The van der Waals surface area contributed by atoms with Gasteiger partial charge in [-0.25, -0.2) is 0 Å². The molecule has 1 rings (SSSR count). The summed E-state index contributed by atoms with van der Waals surface area (Å²) in [6.07, 6.45) is 0.553. The van der Waals surface area contributed by atoms with Crippen LogP contribution in [0.15, 0.2) is 24.3 Å². The first-order valence-corrected chi connectivity index (χ1v) is 6.05. The summed E-state index contributed by atoms with van der Waals surface area (Å²) in [5.74, 6) is 0.599. The summed E-state index contributed by atoms with van der Waals surface area (Å²) >= 11 is 0. The number of hydrogen-bond donors (Lipinski definition) is 0. The number of ketones is 2. The molecule has 0 aliphatic rings. The lowest BCUT2D eigenvalue weighted by atomic mass is 9.93. The fraction of sp³-hybridized carbons (Fsp3) is 0.467. The molecule has 0 saturated carbocycles. The van der Waals surface area contributed by atoms with Gasteiger partial charge in [0.25, 0.3) is 0 Å². The molecule has 1 atom stereocenters. The van der Waals surface area contributed by atoms with Crippen LogP contribution in [0.5, 0.6) is 0 Å². The number of carbonyl (C=O) groups excluding carboxylic acids is 2. The minimum atomic E-state index is 0.0236. The third-order valence-electron chi connectivity index (χ3n) is 2.88. The third-order valence-corrected chi connectivity index (χ3v) is 2.88. The quantitative estimate of drug-likeness (QED) is 0.727. The summed E-state index contributed by atoms with van der Waals surface area (Å²) in [5, 5.41) is 0. The second-order valence-electron chi connectivity index (χ2n) is 4.95. The van der Waals surface area contributed by atoms with E-state index in [0.717, 1.165) is 11.1 Å². The highest BCUT2D eigenvalue weighted by molar-refractivity contribution is 5.97. The normalized spacial score (nSPS) is 12.5. The molecule has 2 heteroatoms. The van der Waals surface area contributed by atoms with Crippen LogP contribution >= 0.6 is 0 Å². The maximum atomic E-state index is 11.7. The monoisotopic (exact) mass is 232 g/mol. The van der Waals surface area contributed by atoms with Gasteiger partial charge in [-0.1, -0.05) is 45.0 Å². The summed E-state index contributed by atoms with van der Waals surface area (Å²) in [6, 6.07) is 7.61. The first-order chi connectivity index (χ1) is 7.91. The maximum Gasteiger partial charge on any atom is 0.165 e. The largest absolute Gasteiger partial charge is 0.300 e. The van der Waals surface area contributed by atoms with E-state index in [1.165, 1.54) is 0 Å². The van der Waals surface area contributed by atoms with Gasteiger partial charge in [-0.3, -0.25) is 4.79 Å². The van der Waals surface area contributed by atoms with Crippen LogP contribution in [0.25, 0.3) is 0 Å². The molecule has 17 heavy (non-hydrogen) atoms. The molecule has 2 nitrogen and oxygen atoms in total. The van der Waals surface area contributed by atoms with Crippen molar-refractivity contribution in [3.8, 4) is 0 Å². The molecule has 0 radical (unpaired) electrons. The van der Waals surface area contributed by atoms with Gasteiger partial charge in [-0.05, 0) is 18.4 Å². The standard InChI is InChI=1S/C15H20O2/c1-10(2)15(17)14-7-5-13(6-8-14)11(3)9-12(4)16/h5-8,10-11H,9H2,1-4H3. The predicted octanol–water partition coefficient (Wildman–Crippen LogP) is 3.61. The number of rotatable bonds is 5. The highest BCUT2D eigenvalue weighted by Gasteiger charge is 2.12. The molecule has 0 N–H and O–H groups in total. The number of hydrogen-bond acceptors (Lipinski definition) is 2. The second kappa shape index (κ2) is 5.76. The van der Waals surface area contributed by atoms with E-state index in [-0.39, 0.29) is 23.4 Å². The van der Waals surface area contributed by atoms with Gasteiger partial charge in [0.05, 0.1) is 0 Å². The topological polar surface area (TPSA) is 34.1 Å². The van der Waals surface area contributed by atoms with Gasteiger partial charge in [0, 0.05) is 17.9 Å². The van der Waals surface area contributed by atoms with Crippen molar-refractivity contribution in [1.29, 1.82) is 0 Å². The fourth-order valence-corrected chi connectivity index (χ4v) is 1.86. The van der Waals surface area contributed by atoms with Gasteiger partial charge in [0.1, 0.15) is 5.78 Å². The zero-order valence-corrected chi connectivity index (χ0v) is 11.0. The van der Waals surface area contributed by atoms with E-state index in [1.807, 2.05) is 45.0 Å². The Morgan fingerprint density at radius 3 is 2.00 bits per heavy atom. The molecule has 0 saturated heterocycles. The minimum absolute atomic E-state index is 0.0236.